The number of hydrogen-bond acceptors (Lipinski definition) is 5. The maximum absolute atomic E-state index is 13.0. The molecular formula is C24H28N4O4. The van der Waals surface area contributed by atoms with E-state index < -0.39 is 5.97 Å². The number of carboxylic acid groups (broad SMARTS) is 1. The standard InChI is InChI=1S/C24H28N4O4/c1-16(2)32-21-12-22-26-20(17-8-10-27(11-9-17)15-23(29)30)14-28(22)13-19(21)24(31)25-18-6-4-3-5-7-18/h3-7,12-14,16-17H,8-11,15H2,1-2H3,(H,25,31)(H,29,30). The molecule has 8 nitrogen and oxygen atoms in total. The van der Waals surface area contributed by atoms with E-state index in [1.165, 1.54) is 0 Å². The number of fused-ring (bicyclic) bond motifs is 1. The Morgan fingerprint density at radius 2 is 1.91 bits per heavy atom. The Kier molecular flexibility index (Phi) is 6.41. The number of piperidine rings is 1. The van der Waals surface area contributed by atoms with Crippen molar-refractivity contribution in [2.45, 2.75) is 38.7 Å². The lowest BCUT2D eigenvalue weighted by Crippen LogP contribution is -2.36. The van der Waals surface area contributed by atoms with Crippen LogP contribution >= 0.6 is 0 Å². The zero-order valence-corrected chi connectivity index (χ0v) is 18.3. The third kappa shape index (κ3) is 5.08. The molecule has 1 amide bonds. The van der Waals surface area contributed by atoms with Gasteiger partial charge in [-0.15, -0.1) is 0 Å². The van der Waals surface area contributed by atoms with Crippen LogP contribution in [-0.4, -0.2) is 57.0 Å². The van der Waals surface area contributed by atoms with Gasteiger partial charge < -0.3 is 19.6 Å². The zero-order chi connectivity index (χ0) is 22.7. The van der Waals surface area contributed by atoms with Crippen molar-refractivity contribution in [3.05, 3.63) is 60.0 Å². The summed E-state index contributed by atoms with van der Waals surface area (Å²) < 4.78 is 7.81. The minimum absolute atomic E-state index is 0.0771. The van der Waals surface area contributed by atoms with Crippen LogP contribution in [0, 0.1) is 0 Å². The van der Waals surface area contributed by atoms with Gasteiger partial charge in [-0.1, -0.05) is 18.2 Å². The van der Waals surface area contributed by atoms with Gasteiger partial charge in [-0.25, -0.2) is 4.98 Å². The second-order valence-electron chi connectivity index (χ2n) is 8.41. The fourth-order valence-electron chi connectivity index (χ4n) is 4.05. The van der Waals surface area contributed by atoms with Gasteiger partial charge in [-0.2, -0.15) is 0 Å². The molecule has 1 saturated heterocycles. The molecule has 3 heterocycles. The number of imidazole rings is 1. The summed E-state index contributed by atoms with van der Waals surface area (Å²) in [5.41, 5.74) is 2.83. The lowest BCUT2D eigenvalue weighted by atomic mass is 9.94. The zero-order valence-electron chi connectivity index (χ0n) is 18.3. The molecule has 0 atom stereocenters. The minimum atomic E-state index is -0.796. The van der Waals surface area contributed by atoms with Crippen LogP contribution in [0.4, 0.5) is 5.69 Å². The van der Waals surface area contributed by atoms with Crippen LogP contribution in [-0.2, 0) is 4.79 Å². The summed E-state index contributed by atoms with van der Waals surface area (Å²) >= 11 is 0. The van der Waals surface area contributed by atoms with Crippen molar-refractivity contribution in [1.29, 1.82) is 0 Å². The van der Waals surface area contributed by atoms with Crippen molar-refractivity contribution in [2.24, 2.45) is 0 Å². The predicted octanol–water partition coefficient (Wildman–Crippen LogP) is 3.64. The van der Waals surface area contributed by atoms with Gasteiger partial charge in [0.15, 0.2) is 0 Å². The van der Waals surface area contributed by atoms with Crippen LogP contribution < -0.4 is 10.1 Å². The number of benzene rings is 1. The second kappa shape index (κ2) is 9.40. The van der Waals surface area contributed by atoms with Crippen LogP contribution in [0.5, 0.6) is 5.75 Å². The van der Waals surface area contributed by atoms with E-state index in [1.54, 1.807) is 6.20 Å². The van der Waals surface area contributed by atoms with Crippen molar-refractivity contribution >= 4 is 23.2 Å². The number of anilines is 1. The quantitative estimate of drug-likeness (QED) is 0.587. The van der Waals surface area contributed by atoms with Gasteiger partial charge in [0.05, 0.1) is 23.9 Å². The Morgan fingerprint density at radius 3 is 2.56 bits per heavy atom. The van der Waals surface area contributed by atoms with E-state index >= 15 is 0 Å². The maximum Gasteiger partial charge on any atom is 0.317 e. The van der Waals surface area contributed by atoms with Crippen LogP contribution in [0.15, 0.2) is 48.8 Å². The van der Waals surface area contributed by atoms with E-state index in [1.807, 2.05) is 65.7 Å². The minimum Gasteiger partial charge on any atom is -0.490 e. The largest absolute Gasteiger partial charge is 0.490 e. The maximum atomic E-state index is 13.0. The van der Waals surface area contributed by atoms with E-state index in [-0.39, 0.29) is 24.5 Å². The highest BCUT2D eigenvalue weighted by Gasteiger charge is 2.25. The number of ether oxygens (including phenoxy) is 1. The number of likely N-dealkylation sites (tertiary alicyclic amines) is 1. The summed E-state index contributed by atoms with van der Waals surface area (Å²) in [6.45, 7) is 5.39. The van der Waals surface area contributed by atoms with Crippen molar-refractivity contribution in [2.75, 3.05) is 25.0 Å². The van der Waals surface area contributed by atoms with Crippen molar-refractivity contribution in [1.82, 2.24) is 14.3 Å². The van der Waals surface area contributed by atoms with E-state index in [9.17, 15) is 9.59 Å². The molecule has 3 aromatic rings. The molecule has 168 valence electrons. The van der Waals surface area contributed by atoms with Crippen LogP contribution in [0.1, 0.15) is 48.7 Å². The van der Waals surface area contributed by atoms with Gasteiger partial charge in [0.25, 0.3) is 5.91 Å². The lowest BCUT2D eigenvalue weighted by molar-refractivity contribution is -0.138. The smallest absolute Gasteiger partial charge is 0.317 e. The summed E-state index contributed by atoms with van der Waals surface area (Å²) in [4.78, 5) is 30.7. The topological polar surface area (TPSA) is 96.2 Å². The number of pyridine rings is 1. The molecule has 0 unspecified atom stereocenters. The van der Waals surface area contributed by atoms with E-state index in [0.717, 1.165) is 37.3 Å². The van der Waals surface area contributed by atoms with Crippen molar-refractivity contribution in [3.8, 4) is 5.75 Å². The van der Waals surface area contributed by atoms with Crippen LogP contribution in [0.25, 0.3) is 5.65 Å². The van der Waals surface area contributed by atoms with Crippen LogP contribution in [0.2, 0.25) is 0 Å². The summed E-state index contributed by atoms with van der Waals surface area (Å²) in [5, 5.41) is 11.9. The van der Waals surface area contributed by atoms with Gasteiger partial charge in [-0.05, 0) is 51.9 Å². The highest BCUT2D eigenvalue weighted by molar-refractivity contribution is 6.06. The SMILES string of the molecule is CC(C)Oc1cc2nc(C3CCN(CC(=O)O)CC3)cn2cc1C(=O)Nc1ccccc1. The number of rotatable bonds is 7. The third-order valence-electron chi connectivity index (χ3n) is 5.58. The molecule has 1 fully saturated rings. The Labute approximate surface area is 186 Å². The number of amides is 1. The number of carboxylic acids is 1. The molecule has 1 aliphatic heterocycles. The molecule has 2 N–H and O–H groups in total. The molecule has 4 rings (SSSR count). The number of nitrogens with one attached hydrogen (secondary N) is 1. The molecule has 2 aromatic heterocycles. The monoisotopic (exact) mass is 436 g/mol. The first-order chi connectivity index (χ1) is 15.4. The number of carbonyl (C=O) groups excluding carboxylic acids is 1. The molecule has 0 radical (unpaired) electrons. The molecule has 0 saturated carbocycles. The normalized spacial score (nSPS) is 15.2. The number of aliphatic carboxylic acids is 1. The Morgan fingerprint density at radius 1 is 1.19 bits per heavy atom. The third-order valence-corrected chi connectivity index (χ3v) is 5.58. The molecule has 8 heteroatoms. The van der Waals surface area contributed by atoms with E-state index in [0.29, 0.717) is 17.0 Å². The Bertz CT molecular complexity index is 1100. The van der Waals surface area contributed by atoms with Gasteiger partial charge in [0.1, 0.15) is 11.4 Å². The first kappa shape index (κ1) is 21.8. The Hall–Kier alpha value is -3.39. The summed E-state index contributed by atoms with van der Waals surface area (Å²) in [5.74, 6) is -0.286. The molecule has 0 spiro atoms. The first-order valence-electron chi connectivity index (χ1n) is 10.9. The summed E-state index contributed by atoms with van der Waals surface area (Å²) in [6.07, 6.45) is 5.35. The van der Waals surface area contributed by atoms with Gasteiger partial charge >= 0.3 is 5.97 Å². The predicted molar refractivity (Wildman–Crippen MR) is 121 cm³/mol. The summed E-state index contributed by atoms with van der Waals surface area (Å²) in [6, 6.07) is 11.1. The van der Waals surface area contributed by atoms with E-state index in [2.05, 4.69) is 5.32 Å². The fourth-order valence-corrected chi connectivity index (χ4v) is 4.05. The number of nitrogens with zero attached hydrogens (tertiary/aromatic N) is 3. The van der Waals surface area contributed by atoms with E-state index in [4.69, 9.17) is 14.8 Å². The molecule has 32 heavy (non-hydrogen) atoms. The Balaban J connectivity index is 1.59. The lowest BCUT2D eigenvalue weighted by Gasteiger charge is -2.29. The average molecular weight is 437 g/mol. The number of hydrogen-bond donors (Lipinski definition) is 2. The second-order valence-corrected chi connectivity index (χ2v) is 8.41. The summed E-state index contributed by atoms with van der Waals surface area (Å²) in [7, 11) is 0. The van der Waals surface area contributed by atoms with Crippen LogP contribution in [0.3, 0.4) is 0 Å². The van der Waals surface area contributed by atoms with Gasteiger partial charge in [0.2, 0.25) is 0 Å². The molecule has 0 aliphatic carbocycles. The highest BCUT2D eigenvalue weighted by atomic mass is 16.5. The molecule has 1 aliphatic rings. The molecule has 0 bridgehead atoms. The van der Waals surface area contributed by atoms with Crippen molar-refractivity contribution in [3.63, 3.8) is 0 Å². The van der Waals surface area contributed by atoms with Gasteiger partial charge in [0, 0.05) is 30.1 Å². The number of carbonyl (C=O) groups is 2. The molecule has 1 aromatic carbocycles. The van der Waals surface area contributed by atoms with Gasteiger partial charge in [-0.3, -0.25) is 14.5 Å². The number of para-hydroxylation sites is 1. The molecular weight excluding hydrogens is 408 g/mol. The highest BCUT2D eigenvalue weighted by Crippen LogP contribution is 2.30. The number of aromatic nitrogens is 2. The fraction of sp³-hybridized carbons (Fsp3) is 0.375. The average Bonchev–Trinajstić information content (AvgIpc) is 3.16. The first-order valence-corrected chi connectivity index (χ1v) is 10.9. The van der Waals surface area contributed by atoms with Crippen molar-refractivity contribution < 1.29 is 19.4 Å².